The summed E-state index contributed by atoms with van der Waals surface area (Å²) in [4.78, 5) is 0.141. The maximum Gasteiger partial charge on any atom is 0.245 e. The molecule has 0 aromatic heterocycles. The minimum atomic E-state index is -3.54. The number of hydrogen-bond donors (Lipinski definition) is 1. The molecule has 1 aliphatic rings. The van der Waals surface area contributed by atoms with Crippen LogP contribution in [0.15, 0.2) is 23.1 Å². The highest BCUT2D eigenvalue weighted by Gasteiger charge is 2.41. The Bertz CT molecular complexity index is 569. The van der Waals surface area contributed by atoms with Crippen LogP contribution in [0.3, 0.4) is 0 Å². The maximum atomic E-state index is 12.6. The predicted octanol–water partition coefficient (Wildman–Crippen LogP) is 2.49. The number of hydrogen-bond acceptors (Lipinski definition) is 3. The van der Waals surface area contributed by atoms with Gasteiger partial charge in [0.1, 0.15) is 4.90 Å². The fraction of sp³-hybridized carbons (Fsp3) is 0.500. The Morgan fingerprint density at radius 1 is 1.39 bits per heavy atom. The predicted molar refractivity (Wildman–Crippen MR) is 73.1 cm³/mol. The van der Waals surface area contributed by atoms with Gasteiger partial charge in [-0.15, -0.1) is 0 Å². The van der Waals surface area contributed by atoms with E-state index in [1.807, 2.05) is 13.8 Å². The van der Waals surface area contributed by atoms with Crippen molar-refractivity contribution >= 4 is 27.3 Å². The number of halogens is 1. The molecular formula is C12H17ClN2O2S. The normalized spacial score (nSPS) is 20.2. The molecule has 0 atom stereocenters. The number of benzene rings is 1. The molecule has 18 heavy (non-hydrogen) atoms. The average Bonchev–Trinajstić information content (AvgIpc) is 2.58. The van der Waals surface area contributed by atoms with Crippen LogP contribution in [0.5, 0.6) is 0 Å². The van der Waals surface area contributed by atoms with Crippen LogP contribution in [-0.2, 0) is 10.0 Å². The topological polar surface area (TPSA) is 63.4 Å². The lowest BCUT2D eigenvalue weighted by Crippen LogP contribution is -2.42. The number of nitrogen functional groups attached to an aromatic ring is 1. The van der Waals surface area contributed by atoms with E-state index in [-0.39, 0.29) is 16.1 Å². The first-order chi connectivity index (χ1) is 8.25. The van der Waals surface area contributed by atoms with E-state index in [0.717, 1.165) is 12.8 Å². The summed E-state index contributed by atoms with van der Waals surface area (Å²) in [7, 11) is -3.54. The summed E-state index contributed by atoms with van der Waals surface area (Å²) in [5.41, 5.74) is 5.62. The van der Waals surface area contributed by atoms with Gasteiger partial charge in [0.25, 0.3) is 0 Å². The molecule has 0 amide bonds. The fourth-order valence-electron chi connectivity index (χ4n) is 2.40. The van der Waals surface area contributed by atoms with Gasteiger partial charge in [-0.3, -0.25) is 0 Å². The number of rotatable bonds is 2. The molecule has 1 fully saturated rings. The van der Waals surface area contributed by atoms with Crippen molar-refractivity contribution in [3.8, 4) is 0 Å². The molecule has 0 bridgehead atoms. The van der Waals surface area contributed by atoms with Gasteiger partial charge in [0.15, 0.2) is 0 Å². The van der Waals surface area contributed by atoms with E-state index >= 15 is 0 Å². The number of nitrogens with two attached hydrogens (primary N) is 1. The van der Waals surface area contributed by atoms with Gasteiger partial charge in [0.2, 0.25) is 10.0 Å². The number of nitrogens with zero attached hydrogens (tertiary/aromatic N) is 1. The second-order valence-corrected chi connectivity index (χ2v) is 7.44. The van der Waals surface area contributed by atoms with E-state index in [0.29, 0.717) is 11.6 Å². The van der Waals surface area contributed by atoms with Crippen molar-refractivity contribution < 1.29 is 8.42 Å². The van der Waals surface area contributed by atoms with Crippen LogP contribution in [0, 0.1) is 0 Å². The second kappa shape index (κ2) is 4.40. The molecule has 1 aromatic carbocycles. The Kier molecular flexibility index (Phi) is 3.34. The number of sulfonamides is 1. The van der Waals surface area contributed by atoms with Crippen LogP contribution >= 0.6 is 11.6 Å². The third kappa shape index (κ3) is 2.22. The van der Waals surface area contributed by atoms with Crippen molar-refractivity contribution in [3.63, 3.8) is 0 Å². The monoisotopic (exact) mass is 288 g/mol. The molecule has 0 radical (unpaired) electrons. The van der Waals surface area contributed by atoms with Gasteiger partial charge in [-0.2, -0.15) is 4.31 Å². The molecule has 0 saturated carbocycles. The Morgan fingerprint density at radius 3 is 2.56 bits per heavy atom. The quantitative estimate of drug-likeness (QED) is 0.851. The standard InChI is InChI=1S/C12H17ClN2O2S/c1-12(2)6-3-7-15(12)18(16,17)11-5-4-9(13)8-10(11)14/h4-5,8H,3,6-7,14H2,1-2H3. The Balaban J connectivity index is 2.49. The van der Waals surface area contributed by atoms with Crippen LogP contribution < -0.4 is 5.73 Å². The summed E-state index contributed by atoms with van der Waals surface area (Å²) >= 11 is 5.79. The average molecular weight is 289 g/mol. The summed E-state index contributed by atoms with van der Waals surface area (Å²) < 4.78 is 26.7. The zero-order chi connectivity index (χ0) is 13.6. The summed E-state index contributed by atoms with van der Waals surface area (Å²) in [5, 5.41) is 0.437. The van der Waals surface area contributed by atoms with Gasteiger partial charge in [-0.05, 0) is 44.9 Å². The molecule has 1 aromatic rings. The molecule has 1 heterocycles. The lowest BCUT2D eigenvalue weighted by Gasteiger charge is -2.30. The van der Waals surface area contributed by atoms with Crippen molar-refractivity contribution in [2.45, 2.75) is 37.1 Å². The van der Waals surface area contributed by atoms with Crippen molar-refractivity contribution in [1.82, 2.24) is 4.31 Å². The summed E-state index contributed by atoms with van der Waals surface area (Å²) in [6.07, 6.45) is 1.74. The van der Waals surface area contributed by atoms with E-state index < -0.39 is 10.0 Å². The number of anilines is 1. The minimum absolute atomic E-state index is 0.141. The fourth-order valence-corrected chi connectivity index (χ4v) is 4.53. The van der Waals surface area contributed by atoms with Crippen LogP contribution in [0.25, 0.3) is 0 Å². The lowest BCUT2D eigenvalue weighted by atomic mass is 10.0. The van der Waals surface area contributed by atoms with Gasteiger partial charge < -0.3 is 5.73 Å². The van der Waals surface area contributed by atoms with Crippen molar-refractivity contribution in [2.75, 3.05) is 12.3 Å². The second-order valence-electron chi connectivity index (χ2n) is 5.18. The Hall–Kier alpha value is -0.780. The highest BCUT2D eigenvalue weighted by atomic mass is 35.5. The van der Waals surface area contributed by atoms with E-state index in [1.165, 1.54) is 16.4 Å². The van der Waals surface area contributed by atoms with Gasteiger partial charge in [0.05, 0.1) is 5.69 Å². The largest absolute Gasteiger partial charge is 0.398 e. The highest BCUT2D eigenvalue weighted by molar-refractivity contribution is 7.89. The molecule has 1 aliphatic heterocycles. The zero-order valence-corrected chi connectivity index (χ0v) is 12.1. The van der Waals surface area contributed by atoms with Gasteiger partial charge in [0, 0.05) is 17.1 Å². The molecule has 1 saturated heterocycles. The lowest BCUT2D eigenvalue weighted by molar-refractivity contribution is 0.292. The third-order valence-electron chi connectivity index (χ3n) is 3.36. The molecule has 100 valence electrons. The molecular weight excluding hydrogens is 272 g/mol. The van der Waals surface area contributed by atoms with E-state index in [2.05, 4.69) is 0 Å². The summed E-state index contributed by atoms with van der Waals surface area (Å²) in [6, 6.07) is 4.49. The zero-order valence-electron chi connectivity index (χ0n) is 10.5. The van der Waals surface area contributed by atoms with Crippen molar-refractivity contribution in [2.24, 2.45) is 0 Å². The van der Waals surface area contributed by atoms with Crippen molar-refractivity contribution in [3.05, 3.63) is 23.2 Å². The SMILES string of the molecule is CC1(C)CCCN1S(=O)(=O)c1ccc(Cl)cc1N. The van der Waals surface area contributed by atoms with E-state index in [1.54, 1.807) is 6.07 Å². The van der Waals surface area contributed by atoms with E-state index in [4.69, 9.17) is 17.3 Å². The van der Waals surface area contributed by atoms with Crippen LogP contribution in [-0.4, -0.2) is 24.8 Å². The third-order valence-corrected chi connectivity index (χ3v) is 5.78. The Morgan fingerprint density at radius 2 is 2.06 bits per heavy atom. The summed E-state index contributed by atoms with van der Waals surface area (Å²) in [5.74, 6) is 0. The maximum absolute atomic E-state index is 12.6. The first-order valence-corrected chi connectivity index (χ1v) is 7.65. The van der Waals surface area contributed by atoms with E-state index in [9.17, 15) is 8.42 Å². The Labute approximate surface area is 113 Å². The molecule has 0 aliphatic carbocycles. The first-order valence-electron chi connectivity index (χ1n) is 5.83. The summed E-state index contributed by atoms with van der Waals surface area (Å²) in [6.45, 7) is 4.41. The van der Waals surface area contributed by atoms with Gasteiger partial charge >= 0.3 is 0 Å². The molecule has 2 rings (SSSR count). The smallest absolute Gasteiger partial charge is 0.245 e. The van der Waals surface area contributed by atoms with Gasteiger partial charge in [-0.25, -0.2) is 8.42 Å². The molecule has 2 N–H and O–H groups in total. The van der Waals surface area contributed by atoms with Crippen LogP contribution in [0.4, 0.5) is 5.69 Å². The molecule has 6 heteroatoms. The minimum Gasteiger partial charge on any atom is -0.398 e. The molecule has 0 unspecified atom stereocenters. The van der Waals surface area contributed by atoms with Crippen LogP contribution in [0.1, 0.15) is 26.7 Å². The molecule has 0 spiro atoms. The highest BCUT2D eigenvalue weighted by Crippen LogP contribution is 2.35. The van der Waals surface area contributed by atoms with Crippen LogP contribution in [0.2, 0.25) is 5.02 Å². The van der Waals surface area contributed by atoms with Crippen molar-refractivity contribution in [1.29, 1.82) is 0 Å². The molecule has 4 nitrogen and oxygen atoms in total. The van der Waals surface area contributed by atoms with Gasteiger partial charge in [-0.1, -0.05) is 11.6 Å². The first kappa shape index (κ1) is 13.6.